The van der Waals surface area contributed by atoms with Crippen LogP contribution in [-0.4, -0.2) is 49.8 Å². The van der Waals surface area contributed by atoms with Crippen LogP contribution in [0.25, 0.3) is 179 Å². The van der Waals surface area contributed by atoms with Crippen molar-refractivity contribution in [3.8, 4) is 113 Å². The van der Waals surface area contributed by atoms with Crippen molar-refractivity contribution in [3.05, 3.63) is 504 Å². The Bertz CT molecular complexity index is 7300. The van der Waals surface area contributed by atoms with Gasteiger partial charge in [0, 0.05) is 6.20 Å². The maximum absolute atomic E-state index is 12.6. The number of aryl methyl sites for hydroxylation is 1. The monoisotopic (exact) mass is 2320 g/mol. The minimum atomic E-state index is -4.39. The van der Waals surface area contributed by atoms with Crippen LogP contribution >= 0.6 is 75.4 Å². The predicted molar refractivity (Wildman–Crippen MR) is 570 cm³/mol. The third-order valence-corrected chi connectivity index (χ3v) is 22.5. The summed E-state index contributed by atoms with van der Waals surface area (Å²) in [6.07, 6.45) is -3.57. The van der Waals surface area contributed by atoms with Crippen LogP contribution in [0.1, 0.15) is 11.1 Å². The van der Waals surface area contributed by atoms with E-state index in [2.05, 4.69) is 286 Å². The fourth-order valence-corrected chi connectivity index (χ4v) is 15.6. The molecule has 0 amide bonds. The summed E-state index contributed by atoms with van der Waals surface area (Å²) in [6.45, 7) is 1.97. The Labute approximate surface area is 918 Å². The first kappa shape index (κ1) is 110. The zero-order valence-corrected chi connectivity index (χ0v) is 87.1. The van der Waals surface area contributed by atoms with E-state index in [1.807, 2.05) is 298 Å². The van der Waals surface area contributed by atoms with Gasteiger partial charge in [0.25, 0.3) is 0 Å². The normalized spacial score (nSPS) is 10.3. The van der Waals surface area contributed by atoms with E-state index in [-0.39, 0.29) is 49.5 Å². The second-order valence-corrected chi connectivity index (χ2v) is 33.1. The van der Waals surface area contributed by atoms with Crippen LogP contribution in [0.2, 0.25) is 10.3 Å². The maximum Gasteiger partial charge on any atom is 2.00 e. The first-order valence-corrected chi connectivity index (χ1v) is 48.9. The van der Waals surface area contributed by atoms with Crippen molar-refractivity contribution >= 4 is 141 Å². The summed E-state index contributed by atoms with van der Waals surface area (Å²) >= 11 is 25.3. The third-order valence-electron chi connectivity index (χ3n) is 21.2. The number of alkyl halides is 3. The van der Waals surface area contributed by atoms with Crippen LogP contribution in [0, 0.1) is 37.3 Å². The number of hydrogen-bond donors (Lipinski definition) is 0. The number of para-hydroxylation sites is 6. The second-order valence-electron chi connectivity index (χ2n) is 30.7. The Morgan fingerprint density at radius 1 is 0.241 bits per heavy atom. The van der Waals surface area contributed by atoms with Crippen LogP contribution in [-0.2, 0) is 84.8 Å². The Kier molecular flexibility index (Phi) is 42.9. The van der Waals surface area contributed by atoms with E-state index < -0.39 is 11.7 Å². The molecule has 0 fully saturated rings. The van der Waals surface area contributed by atoms with E-state index >= 15 is 0 Å². The van der Waals surface area contributed by atoms with Gasteiger partial charge in [-0.3, -0.25) is 29.9 Å². The largest absolute Gasteiger partial charge is 2.00 e. The van der Waals surface area contributed by atoms with Crippen LogP contribution in [0.15, 0.2) is 452 Å². The Morgan fingerprint density at radius 2 is 0.476 bits per heavy atom. The molecule has 13 nitrogen and oxygen atoms in total. The first-order chi connectivity index (χ1) is 69.6. The number of fused-ring (bicyclic) bond motifs is 9. The molecule has 0 radical (unpaired) electrons. The molecular formula is C118H76Br2Cl4F3N13Ni5-2. The number of rotatable bonds is 10. The number of halogens is 9. The third kappa shape index (κ3) is 30.9. The summed E-state index contributed by atoms with van der Waals surface area (Å²) in [7, 11) is 8.53. The molecule has 0 atom stereocenters. The van der Waals surface area contributed by atoms with Gasteiger partial charge in [0.2, 0.25) is 0 Å². The molecule has 24 rings (SSSR count). The fourth-order valence-electron chi connectivity index (χ4n) is 14.6. The summed E-state index contributed by atoms with van der Waals surface area (Å²) in [4.78, 5) is 57.7. The predicted octanol–water partition coefficient (Wildman–Crippen LogP) is 32.4. The van der Waals surface area contributed by atoms with Crippen molar-refractivity contribution in [2.75, 3.05) is 0 Å². The van der Waals surface area contributed by atoms with Crippen LogP contribution in [0.4, 0.5) is 13.2 Å². The Balaban J connectivity index is 0.000000147. The molecule has 0 N–H and O–H groups in total. The van der Waals surface area contributed by atoms with Gasteiger partial charge in [-0.05, 0) is 184 Å². The van der Waals surface area contributed by atoms with Crippen molar-refractivity contribution in [2.24, 2.45) is 0 Å². The molecule has 0 unspecified atom stereocenters. The van der Waals surface area contributed by atoms with Crippen molar-refractivity contribution < 1.29 is 91.8 Å². The van der Waals surface area contributed by atoms with Gasteiger partial charge in [-0.1, -0.05) is 261 Å². The van der Waals surface area contributed by atoms with Crippen molar-refractivity contribution in [2.45, 2.75) is 13.1 Å². The molecule has 13 aromatic heterocycles. The van der Waals surface area contributed by atoms with Gasteiger partial charge < -0.3 is 15.0 Å². The topological polar surface area (TPSA) is 171 Å². The van der Waals surface area contributed by atoms with Crippen molar-refractivity contribution in [1.29, 1.82) is 0 Å². The Morgan fingerprint density at radius 3 is 0.710 bits per heavy atom. The number of pyridine rings is 10. The Hall–Kier alpha value is -13.3. The second kappa shape index (κ2) is 56.3. The molecule has 728 valence electrons. The quantitative estimate of drug-likeness (QED) is 0.0720. The molecule has 0 saturated carbocycles. The molecule has 0 saturated heterocycles. The number of benzene rings is 11. The van der Waals surface area contributed by atoms with Crippen LogP contribution in [0.3, 0.4) is 0 Å². The fraction of sp³-hybridized carbons (Fsp3) is 0.0169. The zero-order valence-electron chi connectivity index (χ0n) is 75.9. The van der Waals surface area contributed by atoms with Gasteiger partial charge in [-0.25, -0.2) is 19.9 Å². The maximum atomic E-state index is 12.6. The van der Waals surface area contributed by atoms with Crippen LogP contribution < -0.4 is 15.0 Å². The van der Waals surface area contributed by atoms with Gasteiger partial charge in [0.15, 0.2) is 0 Å². The van der Waals surface area contributed by atoms with Crippen LogP contribution in [0.5, 0.6) is 0 Å². The molecule has 24 aromatic rings. The first-order valence-electron chi connectivity index (χ1n) is 43.8. The van der Waals surface area contributed by atoms with Gasteiger partial charge in [0.05, 0.1) is 62.5 Å². The molecule has 27 heteroatoms. The SMILES string of the molecule is Brc1cccc(-c2cccc(-c3[c-]cccc3)n2)n1.Brc1cccc(-c2cccc(-c3[c-]cccc3)n2)n1.Cc1c[c-]c(-c2cccc(-c3ccc(C(F)(F)F)cn3)n2)cc1.Clc1cccc(-c2cccc(-c3[c-]cccc3)n2)n1.Clc1cccc(-c2cccc(-c3[c-]cccc3)n2)n1.[Cl][Ni].[Cl][Ni].[Ni+2].[Ni+2].[Ni+2].c1ccc2c(c1)[n-]c1ccccc12.c1ccc2c(c1)[n-]c1ccccc12.c1ccc2c(c1)[n-]c1ccccc12. The van der Waals surface area contributed by atoms with E-state index in [1.54, 1.807) is 24.3 Å². The van der Waals surface area contributed by atoms with E-state index in [1.165, 1.54) is 38.4 Å². The van der Waals surface area contributed by atoms with Crippen molar-refractivity contribution in [3.63, 3.8) is 0 Å². The molecule has 13 heterocycles. The van der Waals surface area contributed by atoms with Crippen molar-refractivity contribution in [1.82, 2.24) is 64.8 Å². The molecule has 0 spiro atoms. The average molecular weight is 2330 g/mol. The summed E-state index contributed by atoms with van der Waals surface area (Å²) in [6, 6.07) is 156. The molecule has 0 aliphatic heterocycles. The molecule has 145 heavy (non-hydrogen) atoms. The number of nitrogens with zero attached hydrogens (tertiary/aromatic N) is 13. The molecule has 0 aliphatic rings. The molecule has 0 bridgehead atoms. The summed E-state index contributed by atoms with van der Waals surface area (Å²) in [5.41, 5.74) is 23.3. The number of aromatic nitrogens is 13. The van der Waals surface area contributed by atoms with Gasteiger partial charge in [0.1, 0.15) is 19.5 Å². The molecule has 0 aliphatic carbocycles. The van der Waals surface area contributed by atoms with Gasteiger partial charge >= 0.3 is 105 Å². The summed E-state index contributed by atoms with van der Waals surface area (Å²) in [5, 5.41) is 8.43. The molecular weight excluding hydrogens is 2250 g/mol. The molecule has 11 aromatic carbocycles. The van der Waals surface area contributed by atoms with E-state index in [0.29, 0.717) is 27.4 Å². The number of hydrogen-bond acceptors (Lipinski definition) is 10. The summed E-state index contributed by atoms with van der Waals surface area (Å²) < 4.78 is 39.4. The van der Waals surface area contributed by atoms with E-state index in [4.69, 9.17) is 23.2 Å². The standard InChI is InChI=1S/C18H12F3N2.2C16H10BrN2.2C16H10ClN2.3C12H8N.2ClH.5Ni/c1-12-5-7-13(8-6-12)15-3-2-4-17(23-15)16-10-9-14(11-22-16)18(19,20)21;4*17-16-11-5-10-15(19-16)14-9-4-8-13(18-14)12-6-2-1-3-7-12;3*1-3-7-11-9(5-1)10-6-2-4-8-12(10)13-11;;;;;;;/h2-7,9-11H,1H3;4*1-6,8-11H;3*1-8H;2*1H;;;;;/q8*-1;;;2*+1;3*+2/p-2. The van der Waals surface area contributed by atoms with Gasteiger partial charge in [-0.2, -0.15) is 13.2 Å². The minimum Gasteiger partial charge on any atom is -0.657 e. The van der Waals surface area contributed by atoms with E-state index in [9.17, 15) is 13.2 Å². The van der Waals surface area contributed by atoms with E-state index in [0.717, 1.165) is 156 Å². The smallest absolute Gasteiger partial charge is 0.657 e. The average Bonchev–Trinajstić information content (AvgIpc) is 1.65. The van der Waals surface area contributed by atoms with Gasteiger partial charge in [-0.15, -0.1) is 212 Å². The summed E-state index contributed by atoms with van der Waals surface area (Å²) in [5.74, 6) is 0. The minimum absolute atomic E-state index is 0. The zero-order chi connectivity index (χ0) is 98.8.